The Morgan fingerprint density at radius 3 is 2.67 bits per heavy atom. The van der Waals surface area contributed by atoms with E-state index in [-0.39, 0.29) is 29.8 Å². The van der Waals surface area contributed by atoms with Gasteiger partial charge in [0.25, 0.3) is 0 Å². The van der Waals surface area contributed by atoms with Crippen LogP contribution in [-0.2, 0) is 9.59 Å². The lowest BCUT2D eigenvalue weighted by molar-refractivity contribution is -0.122. The van der Waals surface area contributed by atoms with Gasteiger partial charge < -0.3 is 19.7 Å². The zero-order chi connectivity index (χ0) is 19.6. The molecule has 2 amide bonds. The van der Waals surface area contributed by atoms with E-state index in [0.717, 1.165) is 0 Å². The quantitative estimate of drug-likeness (QED) is 0.811. The summed E-state index contributed by atoms with van der Waals surface area (Å²) in [5.74, 6) is 0.159. The summed E-state index contributed by atoms with van der Waals surface area (Å²) in [5.41, 5.74) is 1.02. The number of carbonyl (C=O) groups excluding carboxylic acids is 2. The maximum absolute atomic E-state index is 12.6. The van der Waals surface area contributed by atoms with Gasteiger partial charge in [-0.05, 0) is 24.3 Å². The minimum absolute atomic E-state index is 0.0964. The van der Waals surface area contributed by atoms with Gasteiger partial charge in [-0.15, -0.1) is 0 Å². The van der Waals surface area contributed by atoms with E-state index in [9.17, 15) is 9.59 Å². The van der Waals surface area contributed by atoms with Crippen LogP contribution in [0.4, 0.5) is 11.4 Å². The zero-order valence-corrected chi connectivity index (χ0v) is 16.3. The monoisotopic (exact) mass is 408 g/mol. The van der Waals surface area contributed by atoms with E-state index in [1.54, 1.807) is 48.4 Å². The molecule has 1 unspecified atom stereocenters. The lowest BCUT2D eigenvalue weighted by Crippen LogP contribution is -2.28. The third-order valence-electron chi connectivity index (χ3n) is 4.38. The zero-order valence-electron chi connectivity index (χ0n) is 14.8. The van der Waals surface area contributed by atoms with E-state index in [2.05, 4.69) is 5.32 Å². The number of carbonyl (C=O) groups is 2. The molecule has 6 nitrogen and oxygen atoms in total. The Morgan fingerprint density at radius 1 is 1.19 bits per heavy atom. The highest BCUT2D eigenvalue weighted by molar-refractivity contribution is 6.44. The van der Waals surface area contributed by atoms with Gasteiger partial charge in [-0.25, -0.2) is 0 Å². The third-order valence-corrected chi connectivity index (χ3v) is 5.20. The molecule has 0 radical (unpaired) electrons. The summed E-state index contributed by atoms with van der Waals surface area (Å²) in [6.07, 6.45) is 0.0964. The highest BCUT2D eigenvalue weighted by Gasteiger charge is 2.36. The normalized spacial score (nSPS) is 16.4. The van der Waals surface area contributed by atoms with Crippen molar-refractivity contribution in [1.82, 2.24) is 0 Å². The molecule has 1 fully saturated rings. The molecule has 27 heavy (non-hydrogen) atoms. The molecule has 0 bridgehead atoms. The predicted molar refractivity (Wildman–Crippen MR) is 105 cm³/mol. The van der Waals surface area contributed by atoms with Gasteiger partial charge in [0, 0.05) is 19.0 Å². The molecular formula is C19H18Cl2N2O4. The van der Waals surface area contributed by atoms with Gasteiger partial charge in [-0.2, -0.15) is 0 Å². The van der Waals surface area contributed by atoms with Crippen molar-refractivity contribution in [3.8, 4) is 11.5 Å². The van der Waals surface area contributed by atoms with E-state index in [1.165, 1.54) is 7.11 Å². The Morgan fingerprint density at radius 2 is 1.96 bits per heavy atom. The molecule has 1 aliphatic heterocycles. The fraction of sp³-hybridized carbons (Fsp3) is 0.263. The Kier molecular flexibility index (Phi) is 5.77. The first-order valence-electron chi connectivity index (χ1n) is 8.22. The summed E-state index contributed by atoms with van der Waals surface area (Å²) in [6.45, 7) is 0.242. The molecule has 1 saturated heterocycles. The van der Waals surface area contributed by atoms with E-state index in [1.807, 2.05) is 0 Å². The second-order valence-electron chi connectivity index (χ2n) is 6.03. The Hall–Kier alpha value is -2.44. The second kappa shape index (κ2) is 8.06. The van der Waals surface area contributed by atoms with Gasteiger partial charge in [0.1, 0.15) is 11.5 Å². The molecular weight excluding hydrogens is 391 g/mol. The molecule has 142 valence electrons. The van der Waals surface area contributed by atoms with Crippen LogP contribution < -0.4 is 19.7 Å². The summed E-state index contributed by atoms with van der Waals surface area (Å²) >= 11 is 12.1. The molecule has 0 aliphatic carbocycles. The van der Waals surface area contributed by atoms with E-state index >= 15 is 0 Å². The van der Waals surface area contributed by atoms with Crippen molar-refractivity contribution in [3.05, 3.63) is 46.4 Å². The average Bonchev–Trinajstić information content (AvgIpc) is 3.06. The Bertz CT molecular complexity index is 888. The maximum atomic E-state index is 12.6. The van der Waals surface area contributed by atoms with Crippen molar-refractivity contribution in [1.29, 1.82) is 0 Å². The number of rotatable bonds is 5. The van der Waals surface area contributed by atoms with Crippen LogP contribution in [0.1, 0.15) is 6.42 Å². The lowest BCUT2D eigenvalue weighted by atomic mass is 10.1. The van der Waals surface area contributed by atoms with Gasteiger partial charge in [-0.1, -0.05) is 29.3 Å². The predicted octanol–water partition coefficient (Wildman–Crippen LogP) is 4.00. The van der Waals surface area contributed by atoms with Crippen LogP contribution in [0, 0.1) is 5.92 Å². The second-order valence-corrected chi connectivity index (χ2v) is 6.82. The molecule has 2 aromatic rings. The first kappa shape index (κ1) is 19.3. The lowest BCUT2D eigenvalue weighted by Gasteiger charge is -2.20. The number of methoxy groups -OCH3 is 2. The van der Waals surface area contributed by atoms with Crippen LogP contribution in [0.15, 0.2) is 36.4 Å². The van der Waals surface area contributed by atoms with E-state index in [4.69, 9.17) is 32.7 Å². The van der Waals surface area contributed by atoms with E-state index in [0.29, 0.717) is 27.9 Å². The molecule has 0 saturated carbocycles. The fourth-order valence-electron chi connectivity index (χ4n) is 2.96. The molecule has 0 aromatic heterocycles. The molecule has 2 aromatic carbocycles. The topological polar surface area (TPSA) is 67.9 Å². The molecule has 0 spiro atoms. The van der Waals surface area contributed by atoms with Gasteiger partial charge in [-0.3, -0.25) is 9.59 Å². The van der Waals surface area contributed by atoms with Crippen LogP contribution in [-0.4, -0.2) is 32.6 Å². The van der Waals surface area contributed by atoms with Gasteiger partial charge in [0.05, 0.1) is 41.6 Å². The summed E-state index contributed by atoms with van der Waals surface area (Å²) in [5, 5.41) is 3.36. The molecule has 8 heteroatoms. The summed E-state index contributed by atoms with van der Waals surface area (Å²) in [7, 11) is 3.07. The molecule has 1 aliphatic rings. The average molecular weight is 409 g/mol. The van der Waals surface area contributed by atoms with Gasteiger partial charge in [0.2, 0.25) is 11.8 Å². The maximum Gasteiger partial charge on any atom is 0.229 e. The number of nitrogens with zero attached hydrogens (tertiary/aromatic N) is 1. The van der Waals surface area contributed by atoms with Crippen LogP contribution in [0.2, 0.25) is 10.0 Å². The Balaban J connectivity index is 1.77. The number of anilines is 2. The number of nitrogens with one attached hydrogen (secondary N) is 1. The first-order valence-corrected chi connectivity index (χ1v) is 8.97. The van der Waals surface area contributed by atoms with Crippen molar-refractivity contribution >= 4 is 46.4 Å². The summed E-state index contributed by atoms with van der Waals surface area (Å²) in [4.78, 5) is 26.7. The first-order chi connectivity index (χ1) is 12.9. The third kappa shape index (κ3) is 3.96. The van der Waals surface area contributed by atoms with Crippen molar-refractivity contribution in [2.45, 2.75) is 6.42 Å². The van der Waals surface area contributed by atoms with Gasteiger partial charge >= 0.3 is 0 Å². The number of amides is 2. The largest absolute Gasteiger partial charge is 0.497 e. The summed E-state index contributed by atoms with van der Waals surface area (Å²) < 4.78 is 10.5. The van der Waals surface area contributed by atoms with Crippen molar-refractivity contribution in [3.63, 3.8) is 0 Å². The fourth-order valence-corrected chi connectivity index (χ4v) is 3.31. The summed E-state index contributed by atoms with van der Waals surface area (Å²) in [6, 6.07) is 10.2. The van der Waals surface area contributed by atoms with Crippen LogP contribution in [0.5, 0.6) is 11.5 Å². The highest BCUT2D eigenvalue weighted by Crippen LogP contribution is 2.36. The molecule has 3 rings (SSSR count). The molecule has 1 heterocycles. The minimum Gasteiger partial charge on any atom is -0.497 e. The van der Waals surface area contributed by atoms with Crippen molar-refractivity contribution < 1.29 is 19.1 Å². The van der Waals surface area contributed by atoms with Crippen LogP contribution in [0.25, 0.3) is 0 Å². The minimum atomic E-state index is -0.514. The highest BCUT2D eigenvalue weighted by atomic mass is 35.5. The Labute approximate surface area is 167 Å². The number of hydrogen-bond donors (Lipinski definition) is 1. The van der Waals surface area contributed by atoms with Crippen molar-refractivity contribution in [2.24, 2.45) is 5.92 Å². The van der Waals surface area contributed by atoms with Gasteiger partial charge in [0.15, 0.2) is 0 Å². The smallest absolute Gasteiger partial charge is 0.229 e. The molecule has 1 atom stereocenters. The number of hydrogen-bond acceptors (Lipinski definition) is 4. The standard InChI is InChI=1S/C19H18Cl2N2O4/c1-26-12-6-7-15(16(9-12)27-2)23-10-11(8-17(23)24)19(25)22-14-5-3-4-13(20)18(14)21/h3-7,9,11H,8,10H2,1-2H3,(H,22,25). The SMILES string of the molecule is COc1ccc(N2CC(C(=O)Nc3cccc(Cl)c3Cl)CC2=O)c(OC)c1. The molecule has 1 N–H and O–H groups in total. The number of benzene rings is 2. The number of halogens is 2. The number of ether oxygens (including phenoxy) is 2. The van der Waals surface area contributed by atoms with Crippen LogP contribution in [0.3, 0.4) is 0 Å². The van der Waals surface area contributed by atoms with Crippen molar-refractivity contribution in [2.75, 3.05) is 31.0 Å². The van der Waals surface area contributed by atoms with Crippen LogP contribution >= 0.6 is 23.2 Å². The van der Waals surface area contributed by atoms with E-state index < -0.39 is 5.92 Å².